The molecule has 3 aromatic rings. The van der Waals surface area contributed by atoms with Gasteiger partial charge in [-0.3, -0.25) is 0 Å². The maximum Gasteiger partial charge on any atom is 0.142 e. The normalized spacial score (nSPS) is 11.2. The van der Waals surface area contributed by atoms with E-state index in [9.17, 15) is 4.39 Å². The molecular weight excluding hydrogens is 287 g/mol. The maximum absolute atomic E-state index is 13.6. The van der Waals surface area contributed by atoms with Gasteiger partial charge in [0.15, 0.2) is 0 Å². The summed E-state index contributed by atoms with van der Waals surface area (Å²) in [6.45, 7) is 2.73. The first-order chi connectivity index (χ1) is 10.2. The highest BCUT2D eigenvalue weighted by molar-refractivity contribution is 6.30. The summed E-state index contributed by atoms with van der Waals surface area (Å²) in [6, 6.07) is 13.0. The van der Waals surface area contributed by atoms with Crippen LogP contribution < -0.4 is 0 Å². The van der Waals surface area contributed by atoms with Crippen LogP contribution in [0.3, 0.4) is 0 Å². The van der Waals surface area contributed by atoms with Crippen molar-refractivity contribution >= 4 is 22.6 Å². The number of hydrogen-bond donors (Lipinski definition) is 0. The van der Waals surface area contributed by atoms with Gasteiger partial charge in [0.2, 0.25) is 0 Å². The summed E-state index contributed by atoms with van der Waals surface area (Å²) in [5, 5.41) is 0.156. The number of nitrogens with zero attached hydrogens (tertiary/aromatic N) is 2. The van der Waals surface area contributed by atoms with Crippen LogP contribution in [-0.2, 0) is 13.0 Å². The molecule has 0 saturated carbocycles. The summed E-state index contributed by atoms with van der Waals surface area (Å²) < 4.78 is 15.8. The maximum atomic E-state index is 13.6. The van der Waals surface area contributed by atoms with Crippen molar-refractivity contribution in [3.63, 3.8) is 0 Å². The molecule has 0 radical (unpaired) electrons. The lowest BCUT2D eigenvalue weighted by Crippen LogP contribution is -2.05. The van der Waals surface area contributed by atoms with E-state index in [0.717, 1.165) is 35.3 Å². The van der Waals surface area contributed by atoms with Crippen molar-refractivity contribution in [2.45, 2.75) is 26.3 Å². The van der Waals surface area contributed by atoms with E-state index in [4.69, 9.17) is 11.6 Å². The predicted molar refractivity (Wildman–Crippen MR) is 84.2 cm³/mol. The first-order valence-corrected chi connectivity index (χ1v) is 7.45. The molecule has 3 rings (SSSR count). The molecule has 2 nitrogen and oxygen atoms in total. The second-order valence-electron chi connectivity index (χ2n) is 5.10. The van der Waals surface area contributed by atoms with Gasteiger partial charge < -0.3 is 4.57 Å². The third-order valence-corrected chi connectivity index (χ3v) is 3.84. The van der Waals surface area contributed by atoms with Crippen LogP contribution >= 0.6 is 11.6 Å². The summed E-state index contributed by atoms with van der Waals surface area (Å²) in [5.74, 6) is 0.657. The second kappa shape index (κ2) is 5.86. The van der Waals surface area contributed by atoms with Crippen molar-refractivity contribution in [2.24, 2.45) is 0 Å². The van der Waals surface area contributed by atoms with E-state index in [1.807, 2.05) is 30.3 Å². The van der Waals surface area contributed by atoms with Crippen LogP contribution in [0.5, 0.6) is 0 Å². The Morgan fingerprint density at radius 3 is 2.76 bits per heavy atom. The molecule has 0 unspecified atom stereocenters. The first-order valence-electron chi connectivity index (χ1n) is 7.07. The minimum atomic E-state index is -0.379. The second-order valence-corrected chi connectivity index (χ2v) is 5.51. The highest BCUT2D eigenvalue weighted by atomic mass is 35.5. The summed E-state index contributed by atoms with van der Waals surface area (Å²) >= 11 is 5.74. The quantitative estimate of drug-likeness (QED) is 0.675. The molecule has 108 valence electrons. The predicted octanol–water partition coefficient (Wildman–Crippen LogP) is 4.83. The third kappa shape index (κ3) is 2.79. The Labute approximate surface area is 128 Å². The summed E-state index contributed by atoms with van der Waals surface area (Å²) in [5.41, 5.74) is 2.95. The zero-order chi connectivity index (χ0) is 14.8. The van der Waals surface area contributed by atoms with Crippen molar-refractivity contribution in [3.05, 3.63) is 64.7 Å². The highest BCUT2D eigenvalue weighted by Gasteiger charge is 2.11. The van der Waals surface area contributed by atoms with Gasteiger partial charge in [-0.2, -0.15) is 0 Å². The zero-order valence-corrected chi connectivity index (χ0v) is 12.6. The fourth-order valence-corrected chi connectivity index (χ4v) is 2.65. The number of aromatic nitrogens is 2. The van der Waals surface area contributed by atoms with Gasteiger partial charge in [-0.15, -0.1) is 0 Å². The molecule has 0 N–H and O–H groups in total. The minimum Gasteiger partial charge on any atom is -0.323 e. The van der Waals surface area contributed by atoms with E-state index >= 15 is 0 Å². The molecule has 0 aliphatic carbocycles. The molecule has 0 aliphatic rings. The largest absolute Gasteiger partial charge is 0.323 e. The van der Waals surface area contributed by atoms with Crippen LogP contribution in [0.4, 0.5) is 4.39 Å². The van der Waals surface area contributed by atoms with Gasteiger partial charge in [0, 0.05) is 13.0 Å². The number of fused-ring (bicyclic) bond motifs is 1. The van der Waals surface area contributed by atoms with Crippen LogP contribution in [0.1, 0.15) is 24.7 Å². The molecule has 0 atom stereocenters. The smallest absolute Gasteiger partial charge is 0.142 e. The molecule has 0 aliphatic heterocycles. The van der Waals surface area contributed by atoms with Gasteiger partial charge in [-0.25, -0.2) is 9.37 Å². The Morgan fingerprint density at radius 1 is 1.19 bits per heavy atom. The van der Waals surface area contributed by atoms with Crippen LogP contribution in [0.2, 0.25) is 5.02 Å². The first kappa shape index (κ1) is 14.1. The van der Waals surface area contributed by atoms with Crippen molar-refractivity contribution in [2.75, 3.05) is 0 Å². The van der Waals surface area contributed by atoms with Crippen LogP contribution in [0, 0.1) is 5.82 Å². The van der Waals surface area contributed by atoms with Gasteiger partial charge >= 0.3 is 0 Å². The van der Waals surface area contributed by atoms with Crippen molar-refractivity contribution in [1.29, 1.82) is 0 Å². The topological polar surface area (TPSA) is 17.8 Å². The van der Waals surface area contributed by atoms with Crippen molar-refractivity contribution < 1.29 is 4.39 Å². The third-order valence-electron chi connectivity index (χ3n) is 3.53. The summed E-state index contributed by atoms with van der Waals surface area (Å²) in [4.78, 5) is 4.68. The summed E-state index contributed by atoms with van der Waals surface area (Å²) in [6.07, 6.45) is 1.93. The number of benzene rings is 2. The van der Waals surface area contributed by atoms with E-state index in [0.29, 0.717) is 6.54 Å². The van der Waals surface area contributed by atoms with E-state index in [-0.39, 0.29) is 10.8 Å². The average Bonchev–Trinajstić information content (AvgIpc) is 2.81. The molecule has 0 saturated heterocycles. The lowest BCUT2D eigenvalue weighted by atomic mass is 10.2. The lowest BCUT2D eigenvalue weighted by Gasteiger charge is -2.09. The Balaban J connectivity index is 2.05. The molecule has 0 spiro atoms. The molecule has 0 bridgehead atoms. The lowest BCUT2D eigenvalue weighted by molar-refractivity contribution is 0.623. The van der Waals surface area contributed by atoms with E-state index in [1.165, 1.54) is 6.07 Å². The molecule has 4 heteroatoms. The number of hydrogen-bond acceptors (Lipinski definition) is 1. The van der Waals surface area contributed by atoms with E-state index in [2.05, 4.69) is 16.5 Å². The Kier molecular flexibility index (Phi) is 3.93. The summed E-state index contributed by atoms with van der Waals surface area (Å²) in [7, 11) is 0. The van der Waals surface area contributed by atoms with Gasteiger partial charge in [-0.1, -0.05) is 36.7 Å². The molecule has 1 aromatic heterocycles. The zero-order valence-electron chi connectivity index (χ0n) is 11.8. The standard InChI is InChI=1S/C17H16ClFN2/c1-2-5-17-20-15-6-3-4-7-16(15)21(17)11-12-8-9-13(18)14(19)10-12/h3-4,6-10H,2,5,11H2,1H3. The Hall–Kier alpha value is -1.87. The Morgan fingerprint density at radius 2 is 2.00 bits per heavy atom. The number of imidazole rings is 1. The fraction of sp³-hybridized carbons (Fsp3) is 0.235. The van der Waals surface area contributed by atoms with Gasteiger partial charge in [0.1, 0.15) is 11.6 Å². The van der Waals surface area contributed by atoms with Crippen LogP contribution in [0.15, 0.2) is 42.5 Å². The molecule has 0 amide bonds. The number of halogens is 2. The van der Waals surface area contributed by atoms with E-state index in [1.54, 1.807) is 6.07 Å². The van der Waals surface area contributed by atoms with Gasteiger partial charge in [-0.05, 0) is 36.2 Å². The van der Waals surface area contributed by atoms with E-state index < -0.39 is 0 Å². The van der Waals surface area contributed by atoms with Crippen LogP contribution in [0.25, 0.3) is 11.0 Å². The molecule has 2 aromatic carbocycles. The highest BCUT2D eigenvalue weighted by Crippen LogP contribution is 2.21. The minimum absolute atomic E-state index is 0.156. The fourth-order valence-electron chi connectivity index (χ4n) is 2.54. The monoisotopic (exact) mass is 302 g/mol. The van der Waals surface area contributed by atoms with Gasteiger partial charge in [0.05, 0.1) is 16.1 Å². The molecule has 21 heavy (non-hydrogen) atoms. The molecule has 1 heterocycles. The molecule has 0 fully saturated rings. The van der Waals surface area contributed by atoms with Gasteiger partial charge in [0.25, 0.3) is 0 Å². The average molecular weight is 303 g/mol. The molecular formula is C17H16ClFN2. The number of rotatable bonds is 4. The number of aryl methyl sites for hydroxylation is 1. The Bertz CT molecular complexity index is 780. The van der Waals surface area contributed by atoms with Crippen molar-refractivity contribution in [1.82, 2.24) is 9.55 Å². The SMILES string of the molecule is CCCc1nc2ccccc2n1Cc1ccc(Cl)c(F)c1. The van der Waals surface area contributed by atoms with Crippen molar-refractivity contribution in [3.8, 4) is 0 Å². The van der Waals surface area contributed by atoms with Crippen LogP contribution in [-0.4, -0.2) is 9.55 Å². The number of para-hydroxylation sites is 2.